The van der Waals surface area contributed by atoms with Crippen LogP contribution in [0.3, 0.4) is 0 Å². The van der Waals surface area contributed by atoms with Crippen molar-refractivity contribution in [2.24, 2.45) is 0 Å². The zero-order valence-electron chi connectivity index (χ0n) is 17.5. The van der Waals surface area contributed by atoms with Gasteiger partial charge in [0.15, 0.2) is 0 Å². The first-order valence-electron chi connectivity index (χ1n) is 10.5. The Balaban J connectivity index is 1.43. The number of ether oxygens (including phenoxy) is 1. The largest absolute Gasteiger partial charge is 0.458 e. The molecule has 0 fully saturated rings. The van der Waals surface area contributed by atoms with Crippen LogP contribution in [-0.2, 0) is 17.8 Å². The number of pyridine rings is 1. The first-order chi connectivity index (χ1) is 15.7. The monoisotopic (exact) mass is 427 g/mol. The summed E-state index contributed by atoms with van der Waals surface area (Å²) >= 11 is 0. The van der Waals surface area contributed by atoms with Crippen molar-refractivity contribution < 1.29 is 13.9 Å². The molecular formula is C24H21N5O3. The Morgan fingerprint density at radius 1 is 1.28 bits per heavy atom. The first kappa shape index (κ1) is 18.8. The molecule has 0 spiro atoms. The van der Waals surface area contributed by atoms with E-state index in [2.05, 4.69) is 15.1 Å². The molecule has 1 atom stereocenters. The van der Waals surface area contributed by atoms with Gasteiger partial charge in [0.05, 0.1) is 35.9 Å². The van der Waals surface area contributed by atoms with E-state index in [4.69, 9.17) is 9.15 Å². The fourth-order valence-electron chi connectivity index (χ4n) is 4.52. The van der Waals surface area contributed by atoms with E-state index in [1.54, 1.807) is 24.1 Å². The lowest BCUT2D eigenvalue weighted by atomic mass is 9.99. The molecule has 1 aliphatic rings. The lowest BCUT2D eigenvalue weighted by Gasteiger charge is -2.33. The molecule has 0 saturated heterocycles. The van der Waals surface area contributed by atoms with Crippen molar-refractivity contribution >= 4 is 22.4 Å². The van der Waals surface area contributed by atoms with Crippen molar-refractivity contribution in [1.29, 1.82) is 0 Å². The summed E-state index contributed by atoms with van der Waals surface area (Å²) < 4.78 is 13.1. The van der Waals surface area contributed by atoms with Gasteiger partial charge in [0.2, 0.25) is 0 Å². The minimum absolute atomic E-state index is 0.0985. The molecule has 0 aliphatic carbocycles. The summed E-state index contributed by atoms with van der Waals surface area (Å²) in [4.78, 5) is 23.4. The van der Waals surface area contributed by atoms with Gasteiger partial charge in [0.1, 0.15) is 17.4 Å². The standard InChI is InChI=1S/C24H21N5O3/c1-31-13-15-6-7-19-17(11-27-29(19)12-15)24(30)28-9-8-18-22(26-14-25-18)23(28)21-10-16-4-2-3-5-20(16)32-21/h2-7,10-12,14,23H,8-9,13H2,1H3,(H,25,26)/t23-/m1/s1. The number of aromatic amines is 1. The van der Waals surface area contributed by atoms with Crippen LogP contribution in [0.4, 0.5) is 0 Å². The average Bonchev–Trinajstić information content (AvgIpc) is 3.55. The number of imidazole rings is 1. The summed E-state index contributed by atoms with van der Waals surface area (Å²) in [7, 11) is 1.65. The van der Waals surface area contributed by atoms with Gasteiger partial charge < -0.3 is 19.0 Å². The predicted octanol–water partition coefficient (Wildman–Crippen LogP) is 3.74. The fraction of sp³-hybridized carbons (Fsp3) is 0.208. The van der Waals surface area contributed by atoms with Gasteiger partial charge in [-0.25, -0.2) is 9.50 Å². The lowest BCUT2D eigenvalue weighted by Crippen LogP contribution is -2.40. The second-order valence-electron chi connectivity index (χ2n) is 7.96. The Morgan fingerprint density at radius 2 is 2.19 bits per heavy atom. The van der Waals surface area contributed by atoms with Gasteiger partial charge >= 0.3 is 0 Å². The highest BCUT2D eigenvalue weighted by atomic mass is 16.5. The van der Waals surface area contributed by atoms with Gasteiger partial charge in [-0.3, -0.25) is 4.79 Å². The zero-order valence-corrected chi connectivity index (χ0v) is 17.5. The van der Waals surface area contributed by atoms with E-state index >= 15 is 0 Å². The Labute approximate surface area is 183 Å². The number of furan rings is 1. The molecule has 1 aromatic carbocycles. The summed E-state index contributed by atoms with van der Waals surface area (Å²) in [5.41, 5.74) is 4.94. The first-order valence-corrected chi connectivity index (χ1v) is 10.5. The Hall–Kier alpha value is -3.91. The summed E-state index contributed by atoms with van der Waals surface area (Å²) in [5.74, 6) is 0.602. The number of benzene rings is 1. The number of methoxy groups -OCH3 is 1. The number of aromatic nitrogens is 4. The van der Waals surface area contributed by atoms with E-state index in [0.717, 1.165) is 33.4 Å². The van der Waals surface area contributed by atoms with Crippen molar-refractivity contribution in [3.63, 3.8) is 0 Å². The predicted molar refractivity (Wildman–Crippen MR) is 117 cm³/mol. The molecule has 0 bridgehead atoms. The van der Waals surface area contributed by atoms with Crippen LogP contribution in [0, 0.1) is 0 Å². The molecule has 1 amide bonds. The number of para-hydroxylation sites is 1. The third kappa shape index (κ3) is 2.91. The number of carbonyl (C=O) groups excluding carboxylic acids is 1. The lowest BCUT2D eigenvalue weighted by molar-refractivity contribution is 0.0675. The molecule has 0 unspecified atom stereocenters. The van der Waals surface area contributed by atoms with Crippen LogP contribution < -0.4 is 0 Å². The van der Waals surface area contributed by atoms with E-state index < -0.39 is 6.04 Å². The summed E-state index contributed by atoms with van der Waals surface area (Å²) in [5, 5.41) is 5.41. The Morgan fingerprint density at radius 3 is 3.06 bits per heavy atom. The normalized spacial score (nSPS) is 16.0. The van der Waals surface area contributed by atoms with Crippen molar-refractivity contribution in [2.75, 3.05) is 13.7 Å². The van der Waals surface area contributed by atoms with E-state index in [1.165, 1.54) is 0 Å². The van der Waals surface area contributed by atoms with Crippen molar-refractivity contribution in [3.05, 3.63) is 89.5 Å². The molecule has 6 rings (SSSR count). The second kappa shape index (κ2) is 7.35. The zero-order chi connectivity index (χ0) is 21.7. The maximum Gasteiger partial charge on any atom is 0.258 e. The number of hydrogen-bond acceptors (Lipinski definition) is 5. The van der Waals surface area contributed by atoms with Crippen LogP contribution in [0.15, 0.2) is 65.6 Å². The third-order valence-corrected chi connectivity index (χ3v) is 6.02. The van der Waals surface area contributed by atoms with Crippen LogP contribution >= 0.6 is 0 Å². The fourth-order valence-corrected chi connectivity index (χ4v) is 4.52. The van der Waals surface area contributed by atoms with E-state index in [-0.39, 0.29) is 5.91 Å². The maximum absolute atomic E-state index is 13.8. The molecule has 0 radical (unpaired) electrons. The van der Waals surface area contributed by atoms with Crippen LogP contribution in [-0.4, -0.2) is 44.0 Å². The van der Waals surface area contributed by atoms with Crippen molar-refractivity contribution in [1.82, 2.24) is 24.5 Å². The molecule has 160 valence electrons. The molecular weight excluding hydrogens is 406 g/mol. The number of rotatable bonds is 4. The van der Waals surface area contributed by atoms with E-state index in [0.29, 0.717) is 30.9 Å². The van der Waals surface area contributed by atoms with Gasteiger partial charge in [-0.05, 0) is 23.8 Å². The molecule has 5 heterocycles. The molecule has 32 heavy (non-hydrogen) atoms. The van der Waals surface area contributed by atoms with Gasteiger partial charge in [-0.15, -0.1) is 0 Å². The number of hydrogen-bond donors (Lipinski definition) is 1. The Kier molecular flexibility index (Phi) is 4.32. The van der Waals surface area contributed by atoms with Crippen molar-refractivity contribution in [2.45, 2.75) is 19.1 Å². The highest BCUT2D eigenvalue weighted by molar-refractivity contribution is 6.01. The van der Waals surface area contributed by atoms with E-state index in [9.17, 15) is 4.79 Å². The van der Waals surface area contributed by atoms with Gasteiger partial charge in [-0.2, -0.15) is 5.10 Å². The molecule has 4 aromatic heterocycles. The second-order valence-corrected chi connectivity index (χ2v) is 7.96. The summed E-state index contributed by atoms with van der Waals surface area (Å²) in [6.45, 7) is 1.04. The molecule has 1 aliphatic heterocycles. The molecule has 1 N–H and O–H groups in total. The topological polar surface area (TPSA) is 88.7 Å². The highest BCUT2D eigenvalue weighted by Gasteiger charge is 2.37. The van der Waals surface area contributed by atoms with Crippen LogP contribution in [0.2, 0.25) is 0 Å². The molecule has 5 aromatic rings. The number of amides is 1. The number of nitrogens with one attached hydrogen (secondary N) is 1. The smallest absolute Gasteiger partial charge is 0.258 e. The number of fused-ring (bicyclic) bond motifs is 3. The van der Waals surface area contributed by atoms with Gasteiger partial charge in [0, 0.05) is 37.4 Å². The number of H-pyrrole nitrogens is 1. The molecule has 0 saturated carbocycles. The average molecular weight is 427 g/mol. The van der Waals surface area contributed by atoms with Gasteiger partial charge in [0.25, 0.3) is 5.91 Å². The maximum atomic E-state index is 13.8. The minimum Gasteiger partial charge on any atom is -0.458 e. The Bertz CT molecular complexity index is 1410. The minimum atomic E-state index is -0.410. The SMILES string of the molecule is COCc1ccc2c(C(=O)N3CCc4[nH]cnc4[C@H]3c3cc4ccccc4o3)cnn2c1. The molecule has 8 nitrogen and oxygen atoms in total. The summed E-state index contributed by atoms with van der Waals surface area (Å²) in [6.07, 6.45) is 5.90. The summed E-state index contributed by atoms with van der Waals surface area (Å²) in [6, 6.07) is 13.3. The highest BCUT2D eigenvalue weighted by Crippen LogP contribution is 2.37. The van der Waals surface area contributed by atoms with Gasteiger partial charge in [-0.1, -0.05) is 24.3 Å². The molecule has 8 heteroatoms. The third-order valence-electron chi connectivity index (χ3n) is 6.02. The quantitative estimate of drug-likeness (QED) is 0.472. The van der Waals surface area contributed by atoms with Crippen LogP contribution in [0.1, 0.15) is 39.1 Å². The van der Waals surface area contributed by atoms with E-state index in [1.807, 2.05) is 53.6 Å². The van der Waals surface area contributed by atoms with Crippen LogP contribution in [0.25, 0.3) is 16.5 Å². The van der Waals surface area contributed by atoms with Crippen molar-refractivity contribution in [3.8, 4) is 0 Å². The number of carbonyl (C=O) groups is 1. The van der Waals surface area contributed by atoms with Crippen LogP contribution in [0.5, 0.6) is 0 Å². The number of nitrogens with zero attached hydrogens (tertiary/aromatic N) is 4.